The molecule has 2 rings (SSSR count). The van der Waals surface area contributed by atoms with Crippen LogP contribution in [0.5, 0.6) is 5.75 Å². The van der Waals surface area contributed by atoms with E-state index in [1.54, 1.807) is 6.08 Å². The number of benzene rings is 2. The van der Waals surface area contributed by atoms with Crippen LogP contribution in [0.1, 0.15) is 24.5 Å². The molecule has 2 aromatic carbocycles. The van der Waals surface area contributed by atoms with Crippen molar-refractivity contribution in [2.75, 3.05) is 0 Å². The zero-order valence-electron chi connectivity index (χ0n) is 12.0. The number of hydrogen-bond acceptors (Lipinski definition) is 2. The van der Waals surface area contributed by atoms with Gasteiger partial charge in [0, 0.05) is 5.57 Å². The van der Waals surface area contributed by atoms with Crippen LogP contribution in [0.3, 0.4) is 0 Å². The number of hydrogen-bond donors (Lipinski definition) is 1. The minimum absolute atomic E-state index is 0.384. The summed E-state index contributed by atoms with van der Waals surface area (Å²) in [6.45, 7) is 2.32. The Balaban J connectivity index is 2.09. The van der Waals surface area contributed by atoms with Gasteiger partial charge in [-0.1, -0.05) is 49.4 Å². The molecule has 21 heavy (non-hydrogen) atoms. The van der Waals surface area contributed by atoms with E-state index in [2.05, 4.69) is 0 Å². The van der Waals surface area contributed by atoms with Crippen LogP contribution in [0.25, 0.3) is 6.08 Å². The quantitative estimate of drug-likeness (QED) is 0.810. The van der Waals surface area contributed by atoms with E-state index < -0.39 is 5.97 Å². The summed E-state index contributed by atoms with van der Waals surface area (Å²) in [4.78, 5) is 11.0. The molecular formula is C18H18O3. The van der Waals surface area contributed by atoms with Crippen LogP contribution in [-0.2, 0) is 11.4 Å². The summed E-state index contributed by atoms with van der Waals surface area (Å²) in [5, 5.41) is 9.06. The third kappa shape index (κ3) is 4.49. The van der Waals surface area contributed by atoms with Gasteiger partial charge in [-0.2, -0.15) is 0 Å². The molecule has 0 aliphatic rings. The molecular weight excluding hydrogens is 264 g/mol. The fraction of sp³-hybridized carbons (Fsp3) is 0.167. The van der Waals surface area contributed by atoms with Crippen LogP contribution < -0.4 is 4.74 Å². The average Bonchev–Trinajstić information content (AvgIpc) is 2.52. The summed E-state index contributed by atoms with van der Waals surface area (Å²) in [7, 11) is 0. The molecule has 0 unspecified atom stereocenters. The molecule has 0 amide bonds. The summed E-state index contributed by atoms with van der Waals surface area (Å²) in [5.41, 5.74) is 2.31. The van der Waals surface area contributed by atoms with E-state index in [1.165, 1.54) is 0 Å². The van der Waals surface area contributed by atoms with Gasteiger partial charge in [-0.05, 0) is 35.8 Å². The number of carbonyl (C=O) groups is 1. The van der Waals surface area contributed by atoms with Crippen molar-refractivity contribution in [3.05, 3.63) is 71.3 Å². The van der Waals surface area contributed by atoms with Crippen molar-refractivity contribution in [2.24, 2.45) is 0 Å². The monoisotopic (exact) mass is 282 g/mol. The molecule has 0 atom stereocenters. The second kappa shape index (κ2) is 7.29. The molecule has 0 saturated carbocycles. The summed E-state index contributed by atoms with van der Waals surface area (Å²) in [5.74, 6) is -0.151. The third-order valence-electron chi connectivity index (χ3n) is 3.10. The number of carboxylic acids is 1. The Bertz CT molecular complexity index is 630. The lowest BCUT2D eigenvalue weighted by molar-refractivity contribution is -0.132. The van der Waals surface area contributed by atoms with Gasteiger partial charge in [0.25, 0.3) is 0 Å². The summed E-state index contributed by atoms with van der Waals surface area (Å²) >= 11 is 0. The lowest BCUT2D eigenvalue weighted by atomic mass is 10.1. The molecule has 2 aromatic rings. The van der Waals surface area contributed by atoms with Crippen molar-refractivity contribution in [1.82, 2.24) is 0 Å². The van der Waals surface area contributed by atoms with Gasteiger partial charge in [0.2, 0.25) is 0 Å². The lowest BCUT2D eigenvalue weighted by Crippen LogP contribution is -1.99. The lowest BCUT2D eigenvalue weighted by Gasteiger charge is -2.07. The van der Waals surface area contributed by atoms with Crippen molar-refractivity contribution in [1.29, 1.82) is 0 Å². The van der Waals surface area contributed by atoms with Gasteiger partial charge in [0.1, 0.15) is 12.4 Å². The van der Waals surface area contributed by atoms with Gasteiger partial charge in [-0.25, -0.2) is 4.79 Å². The second-order valence-electron chi connectivity index (χ2n) is 4.68. The molecule has 1 N–H and O–H groups in total. The van der Waals surface area contributed by atoms with Crippen molar-refractivity contribution in [3.8, 4) is 5.75 Å². The highest BCUT2D eigenvalue weighted by atomic mass is 16.5. The predicted molar refractivity (Wildman–Crippen MR) is 83.1 cm³/mol. The molecule has 3 heteroatoms. The Morgan fingerprint density at radius 3 is 2.57 bits per heavy atom. The fourth-order valence-corrected chi connectivity index (χ4v) is 1.95. The van der Waals surface area contributed by atoms with Crippen molar-refractivity contribution >= 4 is 12.0 Å². The molecule has 0 spiro atoms. The number of carboxylic acid groups (broad SMARTS) is 1. The summed E-state index contributed by atoms with van der Waals surface area (Å²) in [6, 6.07) is 17.4. The van der Waals surface area contributed by atoms with Crippen molar-refractivity contribution < 1.29 is 14.6 Å². The Morgan fingerprint density at radius 2 is 1.90 bits per heavy atom. The zero-order chi connectivity index (χ0) is 15.1. The van der Waals surface area contributed by atoms with Crippen molar-refractivity contribution in [2.45, 2.75) is 20.0 Å². The van der Waals surface area contributed by atoms with Crippen LogP contribution in [0.4, 0.5) is 0 Å². The number of ether oxygens (including phenoxy) is 1. The van der Waals surface area contributed by atoms with E-state index in [0.717, 1.165) is 16.9 Å². The first kappa shape index (κ1) is 14.9. The highest BCUT2D eigenvalue weighted by Crippen LogP contribution is 2.18. The Hall–Kier alpha value is -2.55. The van der Waals surface area contributed by atoms with Crippen LogP contribution in [0.15, 0.2) is 60.2 Å². The Labute approximate surface area is 124 Å². The molecule has 0 radical (unpaired) electrons. The predicted octanol–water partition coefficient (Wildman–Crippen LogP) is 4.14. The van der Waals surface area contributed by atoms with E-state index >= 15 is 0 Å². The van der Waals surface area contributed by atoms with Gasteiger partial charge in [0.15, 0.2) is 0 Å². The fourth-order valence-electron chi connectivity index (χ4n) is 1.95. The standard InChI is InChI=1S/C18H18O3/c1-2-16(18(19)20)11-15-9-6-10-17(12-15)21-13-14-7-4-3-5-8-14/h3-12H,2,13H2,1H3,(H,19,20). The van der Waals surface area contributed by atoms with Crippen LogP contribution in [0.2, 0.25) is 0 Å². The highest BCUT2D eigenvalue weighted by molar-refractivity contribution is 5.92. The van der Waals surface area contributed by atoms with E-state index in [-0.39, 0.29) is 0 Å². The first-order valence-corrected chi connectivity index (χ1v) is 6.89. The van der Waals surface area contributed by atoms with Crippen molar-refractivity contribution in [3.63, 3.8) is 0 Å². The smallest absolute Gasteiger partial charge is 0.331 e. The van der Waals surface area contributed by atoms with Crippen LogP contribution >= 0.6 is 0 Å². The second-order valence-corrected chi connectivity index (χ2v) is 4.68. The first-order chi connectivity index (χ1) is 10.2. The average molecular weight is 282 g/mol. The molecule has 0 heterocycles. The van der Waals surface area contributed by atoms with Gasteiger partial charge in [-0.15, -0.1) is 0 Å². The molecule has 108 valence electrons. The molecule has 0 aliphatic heterocycles. The molecule has 0 fully saturated rings. The van der Waals surface area contributed by atoms with Crippen LogP contribution in [0, 0.1) is 0 Å². The maximum Gasteiger partial charge on any atom is 0.331 e. The number of aliphatic carboxylic acids is 1. The molecule has 0 aromatic heterocycles. The minimum Gasteiger partial charge on any atom is -0.489 e. The van der Waals surface area contributed by atoms with E-state index in [9.17, 15) is 4.79 Å². The summed E-state index contributed by atoms with van der Waals surface area (Å²) < 4.78 is 5.73. The van der Waals surface area contributed by atoms with Gasteiger partial charge >= 0.3 is 5.97 Å². The third-order valence-corrected chi connectivity index (χ3v) is 3.10. The minimum atomic E-state index is -0.881. The van der Waals surface area contributed by atoms with Gasteiger partial charge in [0.05, 0.1) is 0 Å². The van der Waals surface area contributed by atoms with E-state index in [4.69, 9.17) is 9.84 Å². The largest absolute Gasteiger partial charge is 0.489 e. The SMILES string of the molecule is CCC(=Cc1cccc(OCc2ccccc2)c1)C(=O)O. The maximum atomic E-state index is 11.0. The van der Waals surface area contributed by atoms with E-state index in [0.29, 0.717) is 18.6 Å². The highest BCUT2D eigenvalue weighted by Gasteiger charge is 2.04. The Morgan fingerprint density at radius 1 is 1.14 bits per heavy atom. The molecule has 0 bridgehead atoms. The zero-order valence-corrected chi connectivity index (χ0v) is 12.0. The number of rotatable bonds is 6. The normalized spacial score (nSPS) is 11.2. The molecule has 0 aliphatic carbocycles. The van der Waals surface area contributed by atoms with Gasteiger partial charge < -0.3 is 9.84 Å². The summed E-state index contributed by atoms with van der Waals surface area (Å²) in [6.07, 6.45) is 2.17. The first-order valence-electron chi connectivity index (χ1n) is 6.89. The maximum absolute atomic E-state index is 11.0. The van der Waals surface area contributed by atoms with Gasteiger partial charge in [-0.3, -0.25) is 0 Å². The Kier molecular flexibility index (Phi) is 5.16. The molecule has 0 saturated heterocycles. The topological polar surface area (TPSA) is 46.5 Å². The van der Waals surface area contributed by atoms with Crippen LogP contribution in [-0.4, -0.2) is 11.1 Å². The van der Waals surface area contributed by atoms with E-state index in [1.807, 2.05) is 61.5 Å². The molecule has 3 nitrogen and oxygen atoms in total.